The van der Waals surface area contributed by atoms with E-state index in [1.165, 1.54) is 11.8 Å². The van der Waals surface area contributed by atoms with Crippen LogP contribution >= 0.6 is 46.6 Å². The van der Waals surface area contributed by atoms with E-state index in [0.29, 0.717) is 39.7 Å². The zero-order valence-electron chi connectivity index (χ0n) is 20.9. The van der Waals surface area contributed by atoms with Gasteiger partial charge in [0.1, 0.15) is 6.04 Å². The van der Waals surface area contributed by atoms with E-state index >= 15 is 0 Å². The third-order valence-electron chi connectivity index (χ3n) is 5.68. The molecule has 0 heterocycles. The van der Waals surface area contributed by atoms with E-state index in [1.807, 2.05) is 74.5 Å². The van der Waals surface area contributed by atoms with Gasteiger partial charge in [-0.05, 0) is 46.9 Å². The first-order chi connectivity index (χ1) is 17.7. The SMILES string of the molecule is CC(C)CNC(=O)C(Cc1ccccc1)N(Cc1cccc(Cl)c1)C(=O)CSCc1ccc(Cl)c(Cl)c1. The summed E-state index contributed by atoms with van der Waals surface area (Å²) in [5.74, 6) is 0.813. The van der Waals surface area contributed by atoms with Gasteiger partial charge in [-0.15, -0.1) is 11.8 Å². The summed E-state index contributed by atoms with van der Waals surface area (Å²) in [4.78, 5) is 28.8. The summed E-state index contributed by atoms with van der Waals surface area (Å²) >= 11 is 19.9. The number of halogens is 3. The van der Waals surface area contributed by atoms with Crippen molar-refractivity contribution in [1.82, 2.24) is 10.2 Å². The second-order valence-electron chi connectivity index (χ2n) is 9.24. The van der Waals surface area contributed by atoms with Crippen LogP contribution in [-0.4, -0.2) is 35.1 Å². The highest BCUT2D eigenvalue weighted by atomic mass is 35.5. The fourth-order valence-electron chi connectivity index (χ4n) is 3.78. The molecule has 0 bridgehead atoms. The Balaban J connectivity index is 1.84. The lowest BCUT2D eigenvalue weighted by Gasteiger charge is -2.32. The largest absolute Gasteiger partial charge is 0.354 e. The molecular weight excluding hydrogens is 547 g/mol. The van der Waals surface area contributed by atoms with Crippen LogP contribution in [0.1, 0.15) is 30.5 Å². The minimum atomic E-state index is -0.668. The molecule has 1 atom stereocenters. The lowest BCUT2D eigenvalue weighted by molar-refractivity contribution is -0.139. The molecule has 0 radical (unpaired) electrons. The molecule has 0 saturated carbocycles. The summed E-state index contributed by atoms with van der Waals surface area (Å²) in [7, 11) is 0. The molecule has 0 aliphatic rings. The lowest BCUT2D eigenvalue weighted by atomic mass is 10.0. The maximum absolute atomic E-state index is 13.7. The Morgan fingerprint density at radius 2 is 1.59 bits per heavy atom. The fourth-order valence-corrected chi connectivity index (χ4v) is 5.17. The van der Waals surface area contributed by atoms with Gasteiger partial charge < -0.3 is 10.2 Å². The quantitative estimate of drug-likeness (QED) is 0.246. The molecule has 0 fully saturated rings. The first-order valence-electron chi connectivity index (χ1n) is 12.1. The molecule has 3 aromatic rings. The van der Waals surface area contributed by atoms with Crippen molar-refractivity contribution in [3.8, 4) is 0 Å². The van der Waals surface area contributed by atoms with Crippen LogP contribution < -0.4 is 5.32 Å². The minimum Gasteiger partial charge on any atom is -0.354 e. The van der Waals surface area contributed by atoms with Gasteiger partial charge in [-0.3, -0.25) is 9.59 Å². The summed E-state index contributed by atoms with van der Waals surface area (Å²) < 4.78 is 0. The molecule has 0 aliphatic heterocycles. The Morgan fingerprint density at radius 1 is 0.865 bits per heavy atom. The van der Waals surface area contributed by atoms with Crippen molar-refractivity contribution in [1.29, 1.82) is 0 Å². The van der Waals surface area contributed by atoms with Crippen molar-refractivity contribution in [2.45, 2.75) is 38.6 Å². The summed E-state index contributed by atoms with van der Waals surface area (Å²) in [5, 5.41) is 4.60. The van der Waals surface area contributed by atoms with Crippen LogP contribution in [0, 0.1) is 5.92 Å². The second-order valence-corrected chi connectivity index (χ2v) is 11.5. The molecule has 196 valence electrons. The molecule has 3 aromatic carbocycles. The average molecular weight is 578 g/mol. The van der Waals surface area contributed by atoms with Gasteiger partial charge in [-0.1, -0.05) is 97.2 Å². The molecule has 2 amide bonds. The van der Waals surface area contributed by atoms with Crippen LogP contribution in [0.4, 0.5) is 0 Å². The predicted octanol–water partition coefficient (Wildman–Crippen LogP) is 7.29. The van der Waals surface area contributed by atoms with Crippen molar-refractivity contribution in [2.75, 3.05) is 12.3 Å². The molecule has 0 aliphatic carbocycles. The van der Waals surface area contributed by atoms with Crippen LogP contribution in [0.3, 0.4) is 0 Å². The van der Waals surface area contributed by atoms with Gasteiger partial charge >= 0.3 is 0 Å². The Bertz CT molecular complexity index is 1190. The Hall–Kier alpha value is -2.18. The Labute approximate surface area is 238 Å². The Kier molecular flexibility index (Phi) is 11.7. The molecule has 1 unspecified atom stereocenters. The standard InChI is InChI=1S/C29H31Cl3N2O2S/c1-20(2)16-33-29(36)27(15-21-7-4-3-5-8-21)34(17-22-9-6-10-24(30)13-22)28(35)19-37-18-23-11-12-25(31)26(32)14-23/h3-14,20,27H,15-19H2,1-2H3,(H,33,36). The molecular formula is C29H31Cl3N2O2S. The van der Waals surface area contributed by atoms with Crippen molar-refractivity contribution in [2.24, 2.45) is 5.92 Å². The van der Waals surface area contributed by atoms with Gasteiger partial charge in [-0.25, -0.2) is 0 Å². The fraction of sp³-hybridized carbons (Fsp3) is 0.310. The molecule has 4 nitrogen and oxygen atoms in total. The third kappa shape index (κ3) is 9.57. The van der Waals surface area contributed by atoms with E-state index in [-0.39, 0.29) is 24.1 Å². The predicted molar refractivity (Wildman–Crippen MR) is 156 cm³/mol. The molecule has 37 heavy (non-hydrogen) atoms. The van der Waals surface area contributed by atoms with Crippen molar-refractivity contribution < 1.29 is 9.59 Å². The molecule has 0 spiro atoms. The smallest absolute Gasteiger partial charge is 0.243 e. The van der Waals surface area contributed by atoms with E-state index in [9.17, 15) is 9.59 Å². The van der Waals surface area contributed by atoms with Gasteiger partial charge in [0.25, 0.3) is 0 Å². The summed E-state index contributed by atoms with van der Waals surface area (Å²) in [6.07, 6.45) is 0.411. The van der Waals surface area contributed by atoms with Crippen molar-refractivity contribution in [3.63, 3.8) is 0 Å². The molecule has 0 aromatic heterocycles. The number of rotatable bonds is 12. The second kappa shape index (κ2) is 14.7. The van der Waals surface area contributed by atoms with Crippen molar-refractivity contribution >= 4 is 58.4 Å². The third-order valence-corrected chi connectivity index (χ3v) is 7.64. The Morgan fingerprint density at radius 3 is 2.27 bits per heavy atom. The number of carbonyl (C=O) groups excluding carboxylic acids is 2. The van der Waals surface area contributed by atoms with Gasteiger partial charge in [0, 0.05) is 30.3 Å². The molecule has 0 saturated heterocycles. The first kappa shape index (κ1) is 29.4. The molecule has 3 rings (SSSR count). The normalized spacial score (nSPS) is 11.8. The maximum Gasteiger partial charge on any atom is 0.243 e. The maximum atomic E-state index is 13.7. The van der Waals surface area contributed by atoms with Crippen LogP contribution in [0.15, 0.2) is 72.8 Å². The molecule has 1 N–H and O–H groups in total. The van der Waals surface area contributed by atoms with Gasteiger partial charge in [0.2, 0.25) is 11.8 Å². The highest BCUT2D eigenvalue weighted by molar-refractivity contribution is 7.99. The minimum absolute atomic E-state index is 0.120. The monoisotopic (exact) mass is 576 g/mol. The van der Waals surface area contributed by atoms with Crippen LogP contribution in [0.2, 0.25) is 15.1 Å². The van der Waals surface area contributed by atoms with Gasteiger partial charge in [0.15, 0.2) is 0 Å². The van der Waals surface area contributed by atoms with E-state index in [4.69, 9.17) is 34.8 Å². The lowest BCUT2D eigenvalue weighted by Crippen LogP contribution is -2.51. The van der Waals surface area contributed by atoms with E-state index in [1.54, 1.807) is 17.0 Å². The van der Waals surface area contributed by atoms with E-state index < -0.39 is 6.04 Å². The van der Waals surface area contributed by atoms with Crippen molar-refractivity contribution in [3.05, 3.63) is 105 Å². The average Bonchev–Trinajstić information content (AvgIpc) is 2.87. The van der Waals surface area contributed by atoms with E-state index in [2.05, 4.69) is 5.32 Å². The summed E-state index contributed by atoms with van der Waals surface area (Å²) in [6.45, 7) is 4.90. The topological polar surface area (TPSA) is 49.4 Å². The summed E-state index contributed by atoms with van der Waals surface area (Å²) in [5.41, 5.74) is 2.83. The van der Waals surface area contributed by atoms with Gasteiger partial charge in [-0.2, -0.15) is 0 Å². The number of benzene rings is 3. The highest BCUT2D eigenvalue weighted by Crippen LogP contribution is 2.25. The van der Waals surface area contributed by atoms with Crippen LogP contribution in [0.5, 0.6) is 0 Å². The number of nitrogens with one attached hydrogen (secondary N) is 1. The number of hydrogen-bond acceptors (Lipinski definition) is 3. The zero-order valence-corrected chi connectivity index (χ0v) is 24.0. The zero-order chi connectivity index (χ0) is 26.8. The summed E-state index contributed by atoms with van der Waals surface area (Å²) in [6, 6.07) is 21.9. The molecule has 8 heteroatoms. The highest BCUT2D eigenvalue weighted by Gasteiger charge is 2.30. The van der Waals surface area contributed by atoms with Crippen LogP contribution in [0.25, 0.3) is 0 Å². The number of amides is 2. The first-order valence-corrected chi connectivity index (χ1v) is 14.4. The number of nitrogens with zero attached hydrogens (tertiary/aromatic N) is 1. The van der Waals surface area contributed by atoms with Crippen LogP contribution in [-0.2, 0) is 28.3 Å². The number of thioether (sulfide) groups is 1. The van der Waals surface area contributed by atoms with E-state index in [0.717, 1.165) is 16.7 Å². The van der Waals surface area contributed by atoms with Gasteiger partial charge in [0.05, 0.1) is 15.8 Å². The number of hydrogen-bond donors (Lipinski definition) is 1. The number of carbonyl (C=O) groups is 2.